The van der Waals surface area contributed by atoms with Crippen molar-refractivity contribution >= 4 is 37.9 Å². The summed E-state index contributed by atoms with van der Waals surface area (Å²) in [5.41, 5.74) is 2.34. The zero-order valence-corrected chi connectivity index (χ0v) is 23.2. The lowest BCUT2D eigenvalue weighted by atomic mass is 9.88. The molecule has 1 aromatic carbocycles. The Bertz CT molecular complexity index is 1620. The third kappa shape index (κ3) is 5.57. The van der Waals surface area contributed by atoms with Gasteiger partial charge in [-0.05, 0) is 42.0 Å². The normalized spacial score (nSPS) is 17.6. The van der Waals surface area contributed by atoms with Gasteiger partial charge in [-0.1, -0.05) is 19.9 Å². The summed E-state index contributed by atoms with van der Waals surface area (Å²) in [6.07, 6.45) is 6.11. The first-order valence-corrected chi connectivity index (χ1v) is 14.9. The van der Waals surface area contributed by atoms with Gasteiger partial charge in [0.15, 0.2) is 5.82 Å². The van der Waals surface area contributed by atoms with Crippen molar-refractivity contribution in [2.24, 2.45) is 5.92 Å². The van der Waals surface area contributed by atoms with Crippen LogP contribution in [0.1, 0.15) is 32.3 Å². The lowest BCUT2D eigenvalue weighted by Crippen LogP contribution is -2.57. The Labute approximate surface area is 226 Å². The smallest absolute Gasteiger partial charge is 0.243 e. The van der Waals surface area contributed by atoms with E-state index in [2.05, 4.69) is 63.2 Å². The number of fused-ring (bicyclic) bond motifs is 1. The Hall–Kier alpha value is -3.64. The summed E-state index contributed by atoms with van der Waals surface area (Å²) in [4.78, 5) is 15.5. The minimum atomic E-state index is -3.04. The number of anilines is 3. The van der Waals surface area contributed by atoms with Gasteiger partial charge in [0.2, 0.25) is 5.95 Å². The zero-order valence-electron chi connectivity index (χ0n) is 22.3. The summed E-state index contributed by atoms with van der Waals surface area (Å²) < 4.78 is 39.3. The van der Waals surface area contributed by atoms with Crippen molar-refractivity contribution < 1.29 is 17.9 Å². The monoisotopic (exact) mass is 553 g/mol. The van der Waals surface area contributed by atoms with Crippen LogP contribution in [0.3, 0.4) is 0 Å². The number of sulfone groups is 1. The summed E-state index contributed by atoms with van der Waals surface area (Å²) in [5, 5.41) is 18.1. The van der Waals surface area contributed by atoms with Crippen molar-refractivity contribution in [3.63, 3.8) is 0 Å². The van der Waals surface area contributed by atoms with Crippen LogP contribution in [-0.2, 0) is 16.4 Å². The van der Waals surface area contributed by atoms with Crippen molar-refractivity contribution in [3.8, 4) is 11.4 Å². The summed E-state index contributed by atoms with van der Waals surface area (Å²) >= 11 is 0. The first kappa shape index (κ1) is 26.9. The predicted octanol–water partition coefficient (Wildman–Crippen LogP) is 3.76. The van der Waals surface area contributed by atoms with E-state index in [-0.39, 0.29) is 48.2 Å². The highest BCUT2D eigenvalue weighted by Gasteiger charge is 2.38. The molecule has 4 aromatic rings. The van der Waals surface area contributed by atoms with Crippen LogP contribution < -0.4 is 10.2 Å². The van der Waals surface area contributed by atoms with Crippen LogP contribution in [0, 0.1) is 11.9 Å². The van der Waals surface area contributed by atoms with E-state index in [0.29, 0.717) is 18.2 Å². The predicted molar refractivity (Wildman–Crippen MR) is 149 cm³/mol. The number of pyridine rings is 1. The lowest BCUT2D eigenvalue weighted by Gasteiger charge is -2.48. The van der Waals surface area contributed by atoms with Crippen LogP contribution in [0.2, 0.25) is 0 Å². The third-order valence-corrected chi connectivity index (χ3v) is 8.20. The first-order valence-electron chi connectivity index (χ1n) is 12.9. The molecule has 4 heterocycles. The van der Waals surface area contributed by atoms with E-state index >= 15 is 0 Å². The van der Waals surface area contributed by atoms with Gasteiger partial charge in [-0.3, -0.25) is 4.68 Å². The maximum absolute atomic E-state index is 14.4. The van der Waals surface area contributed by atoms with Crippen LogP contribution in [0.4, 0.5) is 21.7 Å². The number of benzene rings is 1. The van der Waals surface area contributed by atoms with Gasteiger partial charge in [-0.15, -0.1) is 5.10 Å². The van der Waals surface area contributed by atoms with E-state index in [0.717, 1.165) is 16.5 Å². The van der Waals surface area contributed by atoms with Gasteiger partial charge in [-0.2, -0.15) is 4.39 Å². The number of nitrogens with zero attached hydrogens (tertiary/aromatic N) is 6. The molecule has 0 bridgehead atoms. The van der Waals surface area contributed by atoms with Crippen LogP contribution in [0.25, 0.3) is 22.2 Å². The summed E-state index contributed by atoms with van der Waals surface area (Å²) in [5.74, 6) is 1.04. The number of aliphatic hydroxyl groups is 1. The lowest BCUT2D eigenvalue weighted by molar-refractivity contribution is 0.267. The molecule has 2 N–H and O–H groups in total. The van der Waals surface area contributed by atoms with Gasteiger partial charge in [0, 0.05) is 54.4 Å². The molecule has 1 aliphatic rings. The molecular weight excluding hydrogens is 521 g/mol. The van der Waals surface area contributed by atoms with Crippen molar-refractivity contribution in [3.05, 3.63) is 54.4 Å². The number of halogens is 1. The number of aliphatic hydroxyl groups excluding tert-OH is 1. The summed E-state index contributed by atoms with van der Waals surface area (Å²) in [6.45, 7) is 7.03. The molecule has 10 nitrogen and oxygen atoms in total. The molecule has 206 valence electrons. The zero-order chi connectivity index (χ0) is 27.9. The second kappa shape index (κ2) is 10.5. The van der Waals surface area contributed by atoms with Gasteiger partial charge in [-0.25, -0.2) is 23.4 Å². The topological polar surface area (TPSA) is 126 Å². The fourth-order valence-corrected chi connectivity index (χ4v) is 6.27. The van der Waals surface area contributed by atoms with E-state index in [1.54, 1.807) is 6.07 Å². The molecule has 0 spiro atoms. The average molecular weight is 554 g/mol. The molecule has 0 radical (unpaired) electrons. The molecule has 39 heavy (non-hydrogen) atoms. The minimum Gasteiger partial charge on any atom is -0.394 e. The Balaban J connectivity index is 1.45. The van der Waals surface area contributed by atoms with Crippen molar-refractivity contribution in [2.45, 2.75) is 39.3 Å². The van der Waals surface area contributed by atoms with Crippen LogP contribution in [0.5, 0.6) is 0 Å². The van der Waals surface area contributed by atoms with Crippen molar-refractivity contribution in [1.82, 2.24) is 24.7 Å². The Morgan fingerprint density at radius 1 is 1.18 bits per heavy atom. The quantitative estimate of drug-likeness (QED) is 0.319. The second-order valence-electron chi connectivity index (χ2n) is 10.4. The number of aromatic nitrogens is 5. The second-order valence-corrected chi connectivity index (χ2v) is 12.6. The summed E-state index contributed by atoms with van der Waals surface area (Å²) in [7, 11) is -3.04. The molecule has 5 rings (SSSR count). The molecule has 0 amide bonds. The van der Waals surface area contributed by atoms with E-state index in [1.807, 2.05) is 12.3 Å². The molecule has 1 fully saturated rings. The standard InChI is InChI=1S/C27H32FN7O3S/c1-16(2)19-5-6-23(35-13-18(17(35)3)15-39(4,37)38)21-12-30-25(11-20(19)21)31-24-7-8-29-27(32-24)22-14-34(9-10-36)33-26(22)28/h5-8,11-12,14,16-18,36H,9-10,13,15H2,1-4H3,(H,29,30,31,32)/t17-,18-/m1/s1. The molecule has 0 aliphatic carbocycles. The van der Waals surface area contributed by atoms with E-state index < -0.39 is 15.8 Å². The van der Waals surface area contributed by atoms with Crippen LogP contribution >= 0.6 is 0 Å². The number of rotatable bonds is 9. The molecule has 12 heteroatoms. The number of nitrogens with one attached hydrogen (secondary N) is 1. The highest BCUT2D eigenvalue weighted by molar-refractivity contribution is 7.90. The average Bonchev–Trinajstić information content (AvgIpc) is 3.25. The maximum Gasteiger partial charge on any atom is 0.243 e. The fraction of sp³-hybridized carbons (Fsp3) is 0.407. The van der Waals surface area contributed by atoms with E-state index in [1.165, 1.54) is 28.9 Å². The molecule has 2 atom stereocenters. The molecule has 3 aromatic heterocycles. The maximum atomic E-state index is 14.4. The van der Waals surface area contributed by atoms with Gasteiger partial charge >= 0.3 is 0 Å². The molecular formula is C27H32FN7O3S. The largest absolute Gasteiger partial charge is 0.394 e. The Kier molecular flexibility index (Phi) is 7.25. The number of hydrogen-bond donors (Lipinski definition) is 2. The van der Waals surface area contributed by atoms with E-state index in [9.17, 15) is 12.8 Å². The van der Waals surface area contributed by atoms with Gasteiger partial charge in [0.1, 0.15) is 21.5 Å². The molecule has 1 saturated heterocycles. The van der Waals surface area contributed by atoms with E-state index in [4.69, 9.17) is 5.11 Å². The fourth-order valence-electron chi connectivity index (χ4n) is 5.11. The first-order chi connectivity index (χ1) is 18.5. The van der Waals surface area contributed by atoms with Crippen LogP contribution in [-0.4, -0.2) is 69.5 Å². The molecule has 0 saturated carbocycles. The Morgan fingerprint density at radius 2 is 1.97 bits per heavy atom. The Morgan fingerprint density at radius 3 is 2.67 bits per heavy atom. The van der Waals surface area contributed by atoms with Crippen LogP contribution in [0.15, 0.2) is 42.9 Å². The minimum absolute atomic E-state index is 0.0984. The number of hydrogen-bond acceptors (Lipinski definition) is 9. The molecule has 0 unspecified atom stereocenters. The van der Waals surface area contributed by atoms with Gasteiger partial charge in [0.25, 0.3) is 0 Å². The highest BCUT2D eigenvalue weighted by Crippen LogP contribution is 2.39. The highest BCUT2D eigenvalue weighted by atomic mass is 32.2. The summed E-state index contributed by atoms with van der Waals surface area (Å²) in [6, 6.07) is 7.98. The molecule has 1 aliphatic heterocycles. The third-order valence-electron chi connectivity index (χ3n) is 7.16. The van der Waals surface area contributed by atoms with Gasteiger partial charge in [0.05, 0.1) is 24.5 Å². The SMILES string of the molecule is CC(C)c1ccc(N2C[C@H](CS(C)(=O)=O)[C@H]2C)c2cnc(Nc3ccnc(-c4cn(CCO)nc4F)n3)cc12. The van der Waals surface area contributed by atoms with Crippen molar-refractivity contribution in [2.75, 3.05) is 35.4 Å². The van der Waals surface area contributed by atoms with Gasteiger partial charge < -0.3 is 15.3 Å². The van der Waals surface area contributed by atoms with Crippen molar-refractivity contribution in [1.29, 1.82) is 0 Å².